The van der Waals surface area contributed by atoms with Crippen LogP contribution in [-0.2, 0) is 0 Å². The third-order valence-electron chi connectivity index (χ3n) is 3.37. The van der Waals surface area contributed by atoms with Gasteiger partial charge in [-0.3, -0.25) is 0 Å². The summed E-state index contributed by atoms with van der Waals surface area (Å²) in [4.78, 5) is 1.93. The number of phenolic OH excluding ortho intramolecular Hbond substituents is 2. The predicted octanol–water partition coefficient (Wildman–Crippen LogP) is 3.73. The zero-order valence-electron chi connectivity index (χ0n) is 10.8. The number of benzene rings is 2. The van der Waals surface area contributed by atoms with E-state index in [2.05, 4.69) is 0 Å². The summed E-state index contributed by atoms with van der Waals surface area (Å²) < 4.78 is 0. The Kier molecular flexibility index (Phi) is 3.17. The maximum atomic E-state index is 10.0. The molecule has 0 aromatic heterocycles. The summed E-state index contributed by atoms with van der Waals surface area (Å²) in [5.41, 5.74) is 1.51. The molecule has 3 rings (SSSR count). The number of aromatic hydroxyl groups is 2. The third kappa shape index (κ3) is 2.14. The van der Waals surface area contributed by atoms with Crippen molar-refractivity contribution in [2.75, 3.05) is 4.90 Å². The van der Waals surface area contributed by atoms with Crippen LogP contribution in [0.4, 0.5) is 5.69 Å². The van der Waals surface area contributed by atoms with Gasteiger partial charge in [-0.05, 0) is 24.3 Å². The fourth-order valence-corrected chi connectivity index (χ4v) is 2.40. The lowest BCUT2D eigenvalue weighted by Gasteiger charge is -2.31. The van der Waals surface area contributed by atoms with Crippen LogP contribution in [0.1, 0.15) is 11.6 Å². The van der Waals surface area contributed by atoms with Crippen molar-refractivity contribution >= 4 is 5.69 Å². The summed E-state index contributed by atoms with van der Waals surface area (Å²) in [5.74, 6) is 0.464. The molecule has 2 N–H and O–H groups in total. The molecule has 1 heterocycles. The second-order valence-electron chi connectivity index (χ2n) is 4.63. The number of rotatable bonds is 2. The molecule has 1 unspecified atom stereocenters. The van der Waals surface area contributed by atoms with Gasteiger partial charge in [-0.1, -0.05) is 42.5 Å². The molecule has 1 atom stereocenters. The maximum Gasteiger partial charge on any atom is 0.139 e. The van der Waals surface area contributed by atoms with Crippen LogP contribution in [0.2, 0.25) is 0 Å². The van der Waals surface area contributed by atoms with E-state index in [1.807, 2.05) is 53.6 Å². The SMILES string of the molecule is Oc1ccccc1C1C=CC=CN1c1ccccc1O. The van der Waals surface area contributed by atoms with Crippen LogP contribution in [0.25, 0.3) is 0 Å². The molecule has 0 amide bonds. The molecular weight excluding hydrogens is 250 g/mol. The second-order valence-corrected chi connectivity index (χ2v) is 4.63. The number of hydrogen-bond acceptors (Lipinski definition) is 3. The van der Waals surface area contributed by atoms with E-state index in [1.165, 1.54) is 0 Å². The third-order valence-corrected chi connectivity index (χ3v) is 3.37. The van der Waals surface area contributed by atoms with E-state index in [1.54, 1.807) is 24.3 Å². The lowest BCUT2D eigenvalue weighted by atomic mass is 10.0. The molecule has 0 saturated heterocycles. The lowest BCUT2D eigenvalue weighted by Crippen LogP contribution is -2.23. The van der Waals surface area contributed by atoms with Gasteiger partial charge in [-0.25, -0.2) is 0 Å². The zero-order valence-corrected chi connectivity index (χ0v) is 10.8. The lowest BCUT2D eigenvalue weighted by molar-refractivity contribution is 0.462. The Hall–Kier alpha value is -2.68. The molecule has 2 aromatic carbocycles. The van der Waals surface area contributed by atoms with Crippen LogP contribution >= 0.6 is 0 Å². The van der Waals surface area contributed by atoms with Gasteiger partial charge in [0.15, 0.2) is 0 Å². The summed E-state index contributed by atoms with van der Waals surface area (Å²) >= 11 is 0. The second kappa shape index (κ2) is 5.13. The molecule has 0 bridgehead atoms. The molecule has 20 heavy (non-hydrogen) atoms. The van der Waals surface area contributed by atoms with Gasteiger partial charge in [-0.15, -0.1) is 0 Å². The molecular formula is C17H15NO2. The molecule has 0 spiro atoms. The number of para-hydroxylation sites is 3. The maximum absolute atomic E-state index is 10.0. The minimum Gasteiger partial charge on any atom is -0.508 e. The van der Waals surface area contributed by atoms with Crippen LogP contribution in [0.5, 0.6) is 11.5 Å². The molecule has 3 heteroatoms. The van der Waals surface area contributed by atoms with E-state index in [0.717, 1.165) is 5.56 Å². The van der Waals surface area contributed by atoms with Crippen molar-refractivity contribution in [1.82, 2.24) is 0 Å². The van der Waals surface area contributed by atoms with Crippen molar-refractivity contribution in [3.63, 3.8) is 0 Å². The number of anilines is 1. The zero-order chi connectivity index (χ0) is 13.9. The van der Waals surface area contributed by atoms with Gasteiger partial charge >= 0.3 is 0 Å². The fourth-order valence-electron chi connectivity index (χ4n) is 2.40. The first kappa shape index (κ1) is 12.4. The van der Waals surface area contributed by atoms with E-state index in [0.29, 0.717) is 5.69 Å². The van der Waals surface area contributed by atoms with Gasteiger partial charge in [0.05, 0.1) is 11.7 Å². The average Bonchev–Trinajstić information content (AvgIpc) is 2.48. The summed E-state index contributed by atoms with van der Waals surface area (Å²) in [7, 11) is 0. The van der Waals surface area contributed by atoms with Gasteiger partial charge in [0, 0.05) is 11.8 Å². The van der Waals surface area contributed by atoms with Crippen LogP contribution in [0, 0.1) is 0 Å². The molecule has 1 aliphatic rings. The van der Waals surface area contributed by atoms with E-state index in [-0.39, 0.29) is 17.5 Å². The first-order chi connectivity index (χ1) is 9.77. The fraction of sp³-hybridized carbons (Fsp3) is 0.0588. The van der Waals surface area contributed by atoms with Crippen LogP contribution in [0.15, 0.2) is 73.0 Å². The standard InChI is InChI=1S/C17H15NO2/c19-16-10-3-1-7-13(16)14-8-5-6-12-18(14)15-9-2-4-11-17(15)20/h1-12,14,19-20H. The first-order valence-corrected chi connectivity index (χ1v) is 6.46. The van der Waals surface area contributed by atoms with Gasteiger partial charge in [0.1, 0.15) is 11.5 Å². The Morgan fingerprint density at radius 3 is 2.25 bits per heavy atom. The van der Waals surface area contributed by atoms with E-state index in [9.17, 15) is 10.2 Å². The van der Waals surface area contributed by atoms with E-state index < -0.39 is 0 Å². The van der Waals surface area contributed by atoms with Crippen LogP contribution in [-0.4, -0.2) is 10.2 Å². The van der Waals surface area contributed by atoms with Crippen molar-refractivity contribution in [2.24, 2.45) is 0 Å². The highest BCUT2D eigenvalue weighted by atomic mass is 16.3. The van der Waals surface area contributed by atoms with Crippen molar-refractivity contribution in [1.29, 1.82) is 0 Å². The van der Waals surface area contributed by atoms with E-state index >= 15 is 0 Å². The number of nitrogens with zero attached hydrogens (tertiary/aromatic N) is 1. The predicted molar refractivity (Wildman–Crippen MR) is 79.7 cm³/mol. The van der Waals surface area contributed by atoms with Crippen molar-refractivity contribution in [3.8, 4) is 11.5 Å². The molecule has 2 aromatic rings. The molecule has 0 saturated carbocycles. The minimum atomic E-state index is -0.144. The Morgan fingerprint density at radius 2 is 1.50 bits per heavy atom. The Balaban J connectivity index is 2.06. The largest absolute Gasteiger partial charge is 0.508 e. The molecule has 1 aliphatic heterocycles. The van der Waals surface area contributed by atoms with Crippen molar-refractivity contribution in [2.45, 2.75) is 6.04 Å². The van der Waals surface area contributed by atoms with Gasteiger partial charge in [0.2, 0.25) is 0 Å². The monoisotopic (exact) mass is 265 g/mol. The summed E-state index contributed by atoms with van der Waals surface area (Å²) in [6, 6.07) is 14.3. The quantitative estimate of drug-likeness (QED) is 0.869. The average molecular weight is 265 g/mol. The molecule has 0 aliphatic carbocycles. The highest BCUT2D eigenvalue weighted by Gasteiger charge is 2.22. The van der Waals surface area contributed by atoms with Crippen LogP contribution < -0.4 is 4.90 Å². The van der Waals surface area contributed by atoms with Gasteiger partial charge < -0.3 is 15.1 Å². The smallest absolute Gasteiger partial charge is 0.139 e. The summed E-state index contributed by atoms with van der Waals surface area (Å²) in [6.45, 7) is 0. The highest BCUT2D eigenvalue weighted by Crippen LogP contribution is 2.38. The molecule has 0 radical (unpaired) electrons. The molecule has 3 nitrogen and oxygen atoms in total. The normalized spacial score (nSPS) is 17.4. The van der Waals surface area contributed by atoms with Crippen molar-refractivity contribution in [3.05, 3.63) is 78.5 Å². The Morgan fingerprint density at radius 1 is 0.800 bits per heavy atom. The summed E-state index contributed by atoms with van der Waals surface area (Å²) in [5, 5.41) is 20.1. The minimum absolute atomic E-state index is 0.144. The van der Waals surface area contributed by atoms with Gasteiger partial charge in [0.25, 0.3) is 0 Å². The number of allylic oxidation sites excluding steroid dienone is 2. The van der Waals surface area contributed by atoms with Gasteiger partial charge in [-0.2, -0.15) is 0 Å². The number of hydrogen-bond donors (Lipinski definition) is 2. The number of phenols is 2. The Bertz CT molecular complexity index is 617. The molecule has 100 valence electrons. The first-order valence-electron chi connectivity index (χ1n) is 6.46. The topological polar surface area (TPSA) is 43.7 Å². The Labute approximate surface area is 117 Å². The van der Waals surface area contributed by atoms with Crippen LogP contribution in [0.3, 0.4) is 0 Å². The summed E-state index contributed by atoms with van der Waals surface area (Å²) in [6.07, 6.45) is 7.73. The van der Waals surface area contributed by atoms with E-state index in [4.69, 9.17) is 0 Å². The van der Waals surface area contributed by atoms with Crippen molar-refractivity contribution < 1.29 is 10.2 Å². The highest BCUT2D eigenvalue weighted by molar-refractivity contribution is 5.63. The molecule has 0 fully saturated rings.